The maximum atomic E-state index is 5.74. The lowest BCUT2D eigenvalue weighted by molar-refractivity contribution is 0.687. The van der Waals surface area contributed by atoms with Crippen molar-refractivity contribution in [2.75, 3.05) is 17.6 Å². The van der Waals surface area contributed by atoms with Gasteiger partial charge in [0.15, 0.2) is 0 Å². The Morgan fingerprint density at radius 3 is 2.80 bits per heavy atom. The lowest BCUT2D eigenvalue weighted by Gasteiger charge is -2.13. The van der Waals surface area contributed by atoms with Crippen LogP contribution in [0.2, 0.25) is 0 Å². The molecule has 0 bridgehead atoms. The molecule has 1 aliphatic carbocycles. The highest BCUT2D eigenvalue weighted by molar-refractivity contribution is 5.54. The molecule has 1 aromatic rings. The number of nitrogens with zero attached hydrogens (tertiary/aromatic N) is 2. The van der Waals surface area contributed by atoms with Crippen LogP contribution >= 0.6 is 0 Å². The summed E-state index contributed by atoms with van der Waals surface area (Å²) in [6.45, 7) is 0.979. The number of rotatable bonds is 1. The molecule has 15 heavy (non-hydrogen) atoms. The topological polar surface area (TPSA) is 63.8 Å². The summed E-state index contributed by atoms with van der Waals surface area (Å²) in [5, 5.41) is 3.27. The molecule has 3 N–H and O–H groups in total. The molecule has 4 heteroatoms. The fourth-order valence-corrected chi connectivity index (χ4v) is 2.75. The first-order chi connectivity index (χ1) is 7.34. The summed E-state index contributed by atoms with van der Waals surface area (Å²) in [5.74, 6) is 2.03. The number of nitrogens with two attached hydrogens (primary N) is 1. The molecule has 0 radical (unpaired) electrons. The predicted molar refractivity (Wildman–Crippen MR) is 59.8 cm³/mol. The first-order valence-corrected chi connectivity index (χ1v) is 5.75. The van der Waals surface area contributed by atoms with Crippen LogP contribution in [0.3, 0.4) is 0 Å². The van der Waals surface area contributed by atoms with Crippen molar-refractivity contribution in [2.24, 2.45) is 0 Å². The van der Waals surface area contributed by atoms with Gasteiger partial charge in [-0.2, -0.15) is 4.98 Å². The maximum Gasteiger partial charge on any atom is 0.222 e. The van der Waals surface area contributed by atoms with Crippen LogP contribution in [0.1, 0.15) is 42.9 Å². The Morgan fingerprint density at radius 1 is 1.20 bits per heavy atom. The van der Waals surface area contributed by atoms with Crippen molar-refractivity contribution in [1.29, 1.82) is 0 Å². The van der Waals surface area contributed by atoms with Crippen LogP contribution in [-0.4, -0.2) is 16.5 Å². The normalized spacial score (nSPS) is 20.3. The van der Waals surface area contributed by atoms with Gasteiger partial charge >= 0.3 is 0 Å². The van der Waals surface area contributed by atoms with E-state index in [-0.39, 0.29) is 0 Å². The van der Waals surface area contributed by atoms with Crippen molar-refractivity contribution >= 4 is 11.8 Å². The van der Waals surface area contributed by atoms with Crippen LogP contribution in [0.25, 0.3) is 0 Å². The molecule has 0 saturated heterocycles. The summed E-state index contributed by atoms with van der Waals surface area (Å²) in [6.07, 6.45) is 6.25. The number of anilines is 2. The van der Waals surface area contributed by atoms with Crippen molar-refractivity contribution in [3.63, 3.8) is 0 Å². The van der Waals surface area contributed by atoms with Crippen molar-refractivity contribution in [2.45, 2.75) is 38.0 Å². The third-order valence-corrected chi connectivity index (χ3v) is 3.47. The third-order valence-electron chi connectivity index (χ3n) is 3.47. The minimum atomic E-state index is 0.421. The van der Waals surface area contributed by atoms with E-state index < -0.39 is 0 Å². The zero-order valence-corrected chi connectivity index (χ0v) is 8.79. The van der Waals surface area contributed by atoms with Gasteiger partial charge in [-0.05, 0) is 19.3 Å². The fraction of sp³-hybridized carbons (Fsp3) is 0.636. The molecule has 2 heterocycles. The Bertz CT molecular complexity index is 382. The maximum absolute atomic E-state index is 5.74. The van der Waals surface area contributed by atoms with Gasteiger partial charge in [0, 0.05) is 18.0 Å². The summed E-state index contributed by atoms with van der Waals surface area (Å²) in [7, 11) is 0. The van der Waals surface area contributed by atoms with Crippen LogP contribution in [0.15, 0.2) is 0 Å². The van der Waals surface area contributed by atoms with E-state index in [0.717, 1.165) is 18.8 Å². The molecule has 1 aromatic heterocycles. The van der Waals surface area contributed by atoms with Gasteiger partial charge in [0.2, 0.25) is 5.95 Å². The number of hydrogen-bond donors (Lipinski definition) is 2. The Morgan fingerprint density at radius 2 is 2.00 bits per heavy atom. The molecular weight excluding hydrogens is 188 g/mol. The molecular formula is C11H16N4. The second kappa shape index (κ2) is 3.36. The molecule has 2 aliphatic rings. The average Bonchev–Trinajstić information content (AvgIpc) is 2.86. The zero-order chi connectivity index (χ0) is 10.3. The van der Waals surface area contributed by atoms with E-state index in [4.69, 9.17) is 5.73 Å². The third kappa shape index (κ3) is 1.44. The highest BCUT2D eigenvalue weighted by Gasteiger charge is 2.26. The summed E-state index contributed by atoms with van der Waals surface area (Å²) in [4.78, 5) is 8.69. The van der Waals surface area contributed by atoms with Crippen LogP contribution in [0, 0.1) is 0 Å². The number of fused-ring (bicyclic) bond motifs is 1. The van der Waals surface area contributed by atoms with Crippen LogP contribution in [0.4, 0.5) is 11.8 Å². The monoisotopic (exact) mass is 204 g/mol. The van der Waals surface area contributed by atoms with Gasteiger partial charge in [-0.25, -0.2) is 4.98 Å². The SMILES string of the molecule is Nc1nc2c(c(C3CCCC3)n1)CCN2. The van der Waals surface area contributed by atoms with Crippen LogP contribution in [0.5, 0.6) is 0 Å². The van der Waals surface area contributed by atoms with E-state index in [1.807, 2.05) is 0 Å². The van der Waals surface area contributed by atoms with Gasteiger partial charge in [0.05, 0.1) is 5.69 Å². The van der Waals surface area contributed by atoms with Crippen molar-refractivity contribution in [3.8, 4) is 0 Å². The standard InChI is InChI=1S/C11H16N4/c12-11-14-9(7-3-1-2-4-7)8-5-6-13-10(8)15-11/h7H,1-6H2,(H3,12,13,14,15). The van der Waals surface area contributed by atoms with E-state index in [2.05, 4.69) is 15.3 Å². The molecule has 0 aromatic carbocycles. The van der Waals surface area contributed by atoms with Gasteiger partial charge in [-0.3, -0.25) is 0 Å². The molecule has 0 spiro atoms. The zero-order valence-electron chi connectivity index (χ0n) is 8.79. The first-order valence-electron chi connectivity index (χ1n) is 5.75. The van der Waals surface area contributed by atoms with E-state index >= 15 is 0 Å². The molecule has 3 rings (SSSR count). The smallest absolute Gasteiger partial charge is 0.222 e. The highest BCUT2D eigenvalue weighted by atomic mass is 15.1. The van der Waals surface area contributed by atoms with Crippen molar-refractivity contribution < 1.29 is 0 Å². The molecule has 0 unspecified atom stereocenters. The second-order valence-electron chi connectivity index (χ2n) is 4.45. The number of hydrogen-bond acceptors (Lipinski definition) is 4. The Hall–Kier alpha value is -1.32. The van der Waals surface area contributed by atoms with Gasteiger partial charge in [-0.15, -0.1) is 0 Å². The summed E-state index contributed by atoms with van der Waals surface area (Å²) >= 11 is 0. The molecule has 1 saturated carbocycles. The largest absolute Gasteiger partial charge is 0.369 e. The van der Waals surface area contributed by atoms with Crippen LogP contribution < -0.4 is 11.1 Å². The minimum Gasteiger partial charge on any atom is -0.369 e. The van der Waals surface area contributed by atoms with Crippen molar-refractivity contribution in [1.82, 2.24) is 9.97 Å². The van der Waals surface area contributed by atoms with Gasteiger partial charge < -0.3 is 11.1 Å². The average molecular weight is 204 g/mol. The molecule has 0 amide bonds. The summed E-state index contributed by atoms with van der Waals surface area (Å²) in [6, 6.07) is 0. The van der Waals surface area contributed by atoms with Crippen LogP contribution in [-0.2, 0) is 6.42 Å². The molecule has 80 valence electrons. The molecule has 1 aliphatic heterocycles. The second-order valence-corrected chi connectivity index (χ2v) is 4.45. The molecule has 0 atom stereocenters. The predicted octanol–water partition coefficient (Wildman–Crippen LogP) is 1.68. The van der Waals surface area contributed by atoms with E-state index in [1.54, 1.807) is 0 Å². The van der Waals surface area contributed by atoms with Gasteiger partial charge in [0.1, 0.15) is 5.82 Å². The number of nitrogens with one attached hydrogen (secondary N) is 1. The van der Waals surface area contributed by atoms with Crippen molar-refractivity contribution in [3.05, 3.63) is 11.3 Å². The Balaban J connectivity index is 2.05. The van der Waals surface area contributed by atoms with E-state index in [9.17, 15) is 0 Å². The van der Waals surface area contributed by atoms with E-state index in [0.29, 0.717) is 11.9 Å². The quantitative estimate of drug-likeness (QED) is 0.730. The Labute approximate surface area is 89.3 Å². The first kappa shape index (κ1) is 8.95. The fourth-order valence-electron chi connectivity index (χ4n) is 2.75. The lowest BCUT2D eigenvalue weighted by atomic mass is 9.98. The summed E-state index contributed by atoms with van der Waals surface area (Å²) < 4.78 is 0. The minimum absolute atomic E-state index is 0.421. The number of aromatic nitrogens is 2. The lowest BCUT2D eigenvalue weighted by Crippen LogP contribution is -2.06. The number of nitrogen functional groups attached to an aromatic ring is 1. The molecule has 1 fully saturated rings. The van der Waals surface area contributed by atoms with Gasteiger partial charge in [0.25, 0.3) is 0 Å². The Kier molecular flexibility index (Phi) is 2.01. The summed E-state index contributed by atoms with van der Waals surface area (Å²) in [5.41, 5.74) is 8.28. The van der Waals surface area contributed by atoms with Gasteiger partial charge in [-0.1, -0.05) is 12.8 Å². The highest BCUT2D eigenvalue weighted by Crippen LogP contribution is 2.37. The van der Waals surface area contributed by atoms with E-state index in [1.165, 1.54) is 36.9 Å². The molecule has 4 nitrogen and oxygen atoms in total.